The van der Waals surface area contributed by atoms with Crippen molar-refractivity contribution in [2.45, 2.75) is 44.7 Å². The van der Waals surface area contributed by atoms with Crippen LogP contribution in [0.3, 0.4) is 0 Å². The molecule has 0 amide bonds. The fourth-order valence-corrected chi connectivity index (χ4v) is 3.52. The molecule has 0 unspecified atom stereocenters. The van der Waals surface area contributed by atoms with E-state index in [0.717, 1.165) is 0 Å². The summed E-state index contributed by atoms with van der Waals surface area (Å²) in [5, 5.41) is 9.51. The summed E-state index contributed by atoms with van der Waals surface area (Å²) in [5.41, 5.74) is 0.551. The first-order valence-electron chi connectivity index (χ1n) is 7.55. The van der Waals surface area contributed by atoms with Crippen molar-refractivity contribution in [3.05, 3.63) is 35.9 Å². The standard InChI is InChI=1S/C17H20O5/c1-17(2)21-13-8-11(12(16(19)20)9-14(13)22-17)15(18)10-6-4-3-5-7-10/h3-7,11-14H,8-9H2,1-2H3,(H,19,20)/t11-,12+,13-,14+/m1/s1. The average molecular weight is 304 g/mol. The second-order valence-corrected chi connectivity index (χ2v) is 6.47. The Kier molecular flexibility index (Phi) is 3.78. The highest BCUT2D eigenvalue weighted by Gasteiger charge is 2.51. The van der Waals surface area contributed by atoms with Crippen molar-refractivity contribution in [3.8, 4) is 0 Å². The van der Waals surface area contributed by atoms with Crippen LogP contribution in [0.1, 0.15) is 37.0 Å². The van der Waals surface area contributed by atoms with Gasteiger partial charge in [-0.2, -0.15) is 0 Å². The maximum atomic E-state index is 12.7. The van der Waals surface area contributed by atoms with Crippen LogP contribution in [0.2, 0.25) is 0 Å². The topological polar surface area (TPSA) is 72.8 Å². The SMILES string of the molecule is CC1(C)O[C@H]2C[C@H](C(=O)O)[C@H](C(=O)c3ccccc3)C[C@H]2O1. The van der Waals surface area contributed by atoms with Gasteiger partial charge in [-0.25, -0.2) is 0 Å². The van der Waals surface area contributed by atoms with Gasteiger partial charge in [0.25, 0.3) is 0 Å². The van der Waals surface area contributed by atoms with Crippen molar-refractivity contribution in [2.24, 2.45) is 11.8 Å². The zero-order chi connectivity index (χ0) is 15.9. The lowest BCUT2D eigenvalue weighted by atomic mass is 9.73. The molecule has 1 aliphatic carbocycles. The molecule has 0 aromatic heterocycles. The Morgan fingerprint density at radius 3 is 2.14 bits per heavy atom. The fraction of sp³-hybridized carbons (Fsp3) is 0.529. The number of carboxylic acid groups (broad SMARTS) is 1. The Labute approximate surface area is 129 Å². The number of carboxylic acids is 1. The van der Waals surface area contributed by atoms with Gasteiger partial charge < -0.3 is 14.6 Å². The van der Waals surface area contributed by atoms with Crippen molar-refractivity contribution in [2.75, 3.05) is 0 Å². The number of rotatable bonds is 3. The smallest absolute Gasteiger partial charge is 0.307 e. The Bertz CT molecular complexity index is 580. The highest BCUT2D eigenvalue weighted by Crippen LogP contribution is 2.42. The molecule has 0 spiro atoms. The highest BCUT2D eigenvalue weighted by atomic mass is 16.7. The molecule has 4 atom stereocenters. The number of aliphatic carboxylic acids is 1. The van der Waals surface area contributed by atoms with Crippen molar-refractivity contribution < 1.29 is 24.2 Å². The average Bonchev–Trinajstić information content (AvgIpc) is 2.78. The van der Waals surface area contributed by atoms with Crippen molar-refractivity contribution >= 4 is 11.8 Å². The van der Waals surface area contributed by atoms with Crippen molar-refractivity contribution in [1.29, 1.82) is 0 Å². The second-order valence-electron chi connectivity index (χ2n) is 6.47. The van der Waals surface area contributed by atoms with Gasteiger partial charge in [0, 0.05) is 11.5 Å². The number of hydrogen-bond donors (Lipinski definition) is 1. The highest BCUT2D eigenvalue weighted by molar-refractivity contribution is 6.00. The molecule has 1 heterocycles. The molecular formula is C17H20O5. The van der Waals surface area contributed by atoms with E-state index in [9.17, 15) is 14.7 Å². The molecule has 0 bridgehead atoms. The normalized spacial score (nSPS) is 33.2. The summed E-state index contributed by atoms with van der Waals surface area (Å²) in [5.74, 6) is -3.09. The number of carbonyl (C=O) groups excluding carboxylic acids is 1. The van der Waals surface area contributed by atoms with Crippen LogP contribution in [0.25, 0.3) is 0 Å². The van der Waals surface area contributed by atoms with Crippen LogP contribution in [0, 0.1) is 11.8 Å². The lowest BCUT2D eigenvalue weighted by Crippen LogP contribution is -2.43. The number of ether oxygens (including phenoxy) is 2. The molecule has 22 heavy (non-hydrogen) atoms. The van der Waals surface area contributed by atoms with Gasteiger partial charge in [-0.1, -0.05) is 30.3 Å². The summed E-state index contributed by atoms with van der Waals surface area (Å²) < 4.78 is 11.6. The lowest BCUT2D eigenvalue weighted by Gasteiger charge is -2.33. The molecule has 1 aromatic rings. The van der Waals surface area contributed by atoms with E-state index >= 15 is 0 Å². The minimum Gasteiger partial charge on any atom is -0.481 e. The third kappa shape index (κ3) is 2.78. The Morgan fingerprint density at radius 2 is 1.59 bits per heavy atom. The van der Waals surface area contributed by atoms with Crippen LogP contribution >= 0.6 is 0 Å². The predicted molar refractivity (Wildman–Crippen MR) is 78.4 cm³/mol. The van der Waals surface area contributed by atoms with Crippen LogP contribution in [0.5, 0.6) is 0 Å². The number of carbonyl (C=O) groups is 2. The van der Waals surface area contributed by atoms with Crippen LogP contribution in [0.4, 0.5) is 0 Å². The third-order valence-electron chi connectivity index (χ3n) is 4.46. The number of Topliss-reactive ketones (excluding diaryl/α,β-unsaturated/α-hetero) is 1. The predicted octanol–water partition coefficient (Wildman–Crippen LogP) is 2.50. The van der Waals surface area contributed by atoms with E-state index in [1.165, 1.54) is 0 Å². The molecule has 118 valence electrons. The van der Waals surface area contributed by atoms with Gasteiger partial charge in [0.05, 0.1) is 18.1 Å². The van der Waals surface area contributed by atoms with E-state index in [-0.39, 0.29) is 18.0 Å². The third-order valence-corrected chi connectivity index (χ3v) is 4.46. The Morgan fingerprint density at radius 1 is 1.05 bits per heavy atom. The first kappa shape index (κ1) is 15.2. The van der Waals surface area contributed by atoms with Gasteiger partial charge in [-0.05, 0) is 26.7 Å². The van der Waals surface area contributed by atoms with E-state index in [2.05, 4.69) is 0 Å². The van der Waals surface area contributed by atoms with E-state index in [1.807, 2.05) is 19.9 Å². The fourth-order valence-electron chi connectivity index (χ4n) is 3.52. The monoisotopic (exact) mass is 304 g/mol. The zero-order valence-corrected chi connectivity index (χ0v) is 12.7. The summed E-state index contributed by atoms with van der Waals surface area (Å²) in [6, 6.07) is 8.85. The lowest BCUT2D eigenvalue weighted by molar-refractivity contribution is -0.149. The van der Waals surface area contributed by atoms with E-state index in [1.54, 1.807) is 24.3 Å². The van der Waals surface area contributed by atoms with Gasteiger partial charge in [0.1, 0.15) is 0 Å². The molecule has 0 radical (unpaired) electrons. The Balaban J connectivity index is 1.85. The molecule has 1 N–H and O–H groups in total. The van der Waals surface area contributed by atoms with Gasteiger partial charge in [0.15, 0.2) is 11.6 Å². The Hall–Kier alpha value is -1.72. The summed E-state index contributed by atoms with van der Waals surface area (Å²) >= 11 is 0. The zero-order valence-electron chi connectivity index (χ0n) is 12.7. The van der Waals surface area contributed by atoms with E-state index in [4.69, 9.17) is 9.47 Å². The largest absolute Gasteiger partial charge is 0.481 e. The minimum atomic E-state index is -0.943. The van der Waals surface area contributed by atoms with E-state index in [0.29, 0.717) is 18.4 Å². The number of fused-ring (bicyclic) bond motifs is 1. The van der Waals surface area contributed by atoms with Crippen LogP contribution in [-0.2, 0) is 14.3 Å². The molecule has 1 aromatic carbocycles. The van der Waals surface area contributed by atoms with Crippen molar-refractivity contribution in [1.82, 2.24) is 0 Å². The van der Waals surface area contributed by atoms with Crippen LogP contribution < -0.4 is 0 Å². The summed E-state index contributed by atoms with van der Waals surface area (Å²) in [6.45, 7) is 3.63. The van der Waals surface area contributed by atoms with Crippen LogP contribution in [-0.4, -0.2) is 34.9 Å². The molecule has 2 aliphatic rings. The van der Waals surface area contributed by atoms with Gasteiger partial charge in [0.2, 0.25) is 0 Å². The molecular weight excluding hydrogens is 284 g/mol. The molecule has 2 fully saturated rings. The first-order chi connectivity index (χ1) is 10.4. The molecule has 1 aliphatic heterocycles. The summed E-state index contributed by atoms with van der Waals surface area (Å²) in [6.07, 6.45) is 0.227. The molecule has 1 saturated carbocycles. The molecule has 3 rings (SSSR count). The first-order valence-corrected chi connectivity index (χ1v) is 7.55. The second kappa shape index (κ2) is 5.48. The minimum absolute atomic E-state index is 0.125. The summed E-state index contributed by atoms with van der Waals surface area (Å²) in [4.78, 5) is 24.3. The molecule has 1 saturated heterocycles. The number of ketones is 1. The summed E-state index contributed by atoms with van der Waals surface area (Å²) in [7, 11) is 0. The molecule has 5 nitrogen and oxygen atoms in total. The quantitative estimate of drug-likeness (QED) is 0.869. The van der Waals surface area contributed by atoms with Gasteiger partial charge in [-0.15, -0.1) is 0 Å². The molecule has 5 heteroatoms. The van der Waals surface area contributed by atoms with Gasteiger partial charge >= 0.3 is 5.97 Å². The van der Waals surface area contributed by atoms with E-state index < -0.39 is 23.6 Å². The van der Waals surface area contributed by atoms with Crippen molar-refractivity contribution in [3.63, 3.8) is 0 Å². The maximum Gasteiger partial charge on any atom is 0.307 e. The van der Waals surface area contributed by atoms with Crippen LogP contribution in [0.15, 0.2) is 30.3 Å². The van der Waals surface area contributed by atoms with Gasteiger partial charge in [-0.3, -0.25) is 9.59 Å². The number of benzene rings is 1. The maximum absolute atomic E-state index is 12.7. The number of hydrogen-bond acceptors (Lipinski definition) is 4.